The molecule has 0 unspecified atom stereocenters. The van der Waals surface area contributed by atoms with E-state index in [1.54, 1.807) is 19.1 Å². The Morgan fingerprint density at radius 2 is 2.18 bits per heavy atom. The number of nitrogens with one attached hydrogen (secondary N) is 2. The van der Waals surface area contributed by atoms with Crippen LogP contribution in [0.25, 0.3) is 0 Å². The van der Waals surface area contributed by atoms with Gasteiger partial charge in [0.15, 0.2) is 0 Å². The quantitative estimate of drug-likeness (QED) is 0.469. The van der Waals surface area contributed by atoms with Crippen LogP contribution in [0.2, 0.25) is 0 Å². The van der Waals surface area contributed by atoms with Gasteiger partial charge in [-0.1, -0.05) is 0 Å². The van der Waals surface area contributed by atoms with E-state index in [1.807, 2.05) is 0 Å². The van der Waals surface area contributed by atoms with E-state index in [2.05, 4.69) is 10.6 Å². The third-order valence-corrected chi connectivity index (χ3v) is 4.45. The summed E-state index contributed by atoms with van der Waals surface area (Å²) in [4.78, 5) is 34.0. The molecule has 1 aromatic rings. The highest BCUT2D eigenvalue weighted by atomic mass is 32.2. The minimum atomic E-state index is -0.458. The molecule has 22 heavy (non-hydrogen) atoms. The summed E-state index contributed by atoms with van der Waals surface area (Å²) in [5, 5.41) is 15.9. The number of nitrogens with zero attached hydrogens (tertiary/aromatic N) is 1. The molecule has 2 rings (SSSR count). The van der Waals surface area contributed by atoms with E-state index >= 15 is 0 Å². The molecule has 1 saturated heterocycles. The Morgan fingerprint density at radius 3 is 2.73 bits per heavy atom. The molecule has 0 aliphatic carbocycles. The van der Waals surface area contributed by atoms with Gasteiger partial charge in [-0.2, -0.15) is 0 Å². The van der Waals surface area contributed by atoms with Crippen LogP contribution in [0.4, 0.5) is 5.69 Å². The first-order valence-corrected chi connectivity index (χ1v) is 7.82. The lowest BCUT2D eigenvalue weighted by Gasteiger charge is -2.15. The topological polar surface area (TPSA) is 101 Å². The maximum absolute atomic E-state index is 12.0. The van der Waals surface area contributed by atoms with Gasteiger partial charge in [-0.05, 0) is 25.5 Å². The van der Waals surface area contributed by atoms with E-state index in [4.69, 9.17) is 0 Å². The molecule has 0 spiro atoms. The van der Waals surface area contributed by atoms with Gasteiger partial charge in [-0.15, -0.1) is 11.8 Å². The number of nitro benzene ring substituents is 1. The molecule has 2 N–H and O–H groups in total. The minimum Gasteiger partial charge on any atom is -0.353 e. The second kappa shape index (κ2) is 7.26. The summed E-state index contributed by atoms with van der Waals surface area (Å²) < 4.78 is 0. The predicted octanol–water partition coefficient (Wildman–Crippen LogP) is 1.47. The van der Waals surface area contributed by atoms with Crippen LogP contribution >= 0.6 is 11.8 Å². The summed E-state index contributed by atoms with van der Waals surface area (Å²) in [6, 6.07) is 6.10. The molecule has 2 atom stereocenters. The number of carbonyl (C=O) groups excluding carboxylic acids is 2. The molecule has 8 heteroatoms. The van der Waals surface area contributed by atoms with E-state index in [-0.39, 0.29) is 28.8 Å². The van der Waals surface area contributed by atoms with Crippen LogP contribution in [0.5, 0.6) is 0 Å². The van der Waals surface area contributed by atoms with Gasteiger partial charge < -0.3 is 10.6 Å². The van der Waals surface area contributed by atoms with E-state index in [0.717, 1.165) is 11.3 Å². The molecule has 1 aliphatic heterocycles. The summed E-state index contributed by atoms with van der Waals surface area (Å²) in [5.74, 6) is -0.0999. The molecule has 0 saturated carbocycles. The first-order valence-electron chi connectivity index (χ1n) is 6.94. The molecular weight excluding hydrogens is 306 g/mol. The van der Waals surface area contributed by atoms with Gasteiger partial charge in [0.05, 0.1) is 10.2 Å². The molecule has 0 bridgehead atoms. The fraction of sp³-hybridized carbons (Fsp3) is 0.429. The van der Waals surface area contributed by atoms with Crippen molar-refractivity contribution >= 4 is 29.3 Å². The molecule has 1 aromatic carbocycles. The second-order valence-electron chi connectivity index (χ2n) is 5.06. The smallest absolute Gasteiger partial charge is 0.269 e. The van der Waals surface area contributed by atoms with Crippen molar-refractivity contribution in [3.8, 4) is 0 Å². The van der Waals surface area contributed by atoms with Crippen molar-refractivity contribution in [2.45, 2.75) is 36.0 Å². The largest absolute Gasteiger partial charge is 0.353 e. The maximum Gasteiger partial charge on any atom is 0.269 e. The Morgan fingerprint density at radius 1 is 1.50 bits per heavy atom. The van der Waals surface area contributed by atoms with Crippen molar-refractivity contribution in [3.63, 3.8) is 0 Å². The van der Waals surface area contributed by atoms with Crippen LogP contribution in [0, 0.1) is 10.1 Å². The van der Waals surface area contributed by atoms with Crippen molar-refractivity contribution in [2.24, 2.45) is 0 Å². The number of hydrogen-bond acceptors (Lipinski definition) is 5. The van der Waals surface area contributed by atoms with Crippen LogP contribution in [0.3, 0.4) is 0 Å². The van der Waals surface area contributed by atoms with E-state index in [0.29, 0.717) is 13.0 Å². The van der Waals surface area contributed by atoms with Crippen molar-refractivity contribution in [2.75, 3.05) is 6.54 Å². The number of benzene rings is 1. The van der Waals surface area contributed by atoms with Crippen molar-refractivity contribution < 1.29 is 14.5 Å². The summed E-state index contributed by atoms with van der Waals surface area (Å²) in [6.07, 6.45) is 1.25. The first kappa shape index (κ1) is 16.3. The summed E-state index contributed by atoms with van der Waals surface area (Å²) in [5.41, 5.74) is 0.0263. The number of amides is 2. The predicted molar refractivity (Wildman–Crippen MR) is 82.6 cm³/mol. The number of carbonyl (C=O) groups is 2. The molecule has 7 nitrogen and oxygen atoms in total. The van der Waals surface area contributed by atoms with Crippen LogP contribution in [0.15, 0.2) is 29.2 Å². The summed E-state index contributed by atoms with van der Waals surface area (Å²) in [6.45, 7) is 2.20. The standard InChI is InChI=1S/C14H17N3O4S/c1-9(14(19)15-8-10-2-7-13(18)16-10)22-12-5-3-11(4-6-12)17(20)21/h3-6,9-10H,2,7-8H2,1H3,(H,15,19)(H,16,18)/t9-,10+/m0/s1. The zero-order valence-corrected chi connectivity index (χ0v) is 12.9. The van der Waals surface area contributed by atoms with E-state index in [9.17, 15) is 19.7 Å². The van der Waals surface area contributed by atoms with E-state index in [1.165, 1.54) is 23.9 Å². The minimum absolute atomic E-state index is 0.00743. The van der Waals surface area contributed by atoms with Crippen LogP contribution in [-0.4, -0.2) is 34.6 Å². The summed E-state index contributed by atoms with van der Waals surface area (Å²) >= 11 is 1.33. The molecule has 1 fully saturated rings. The fourth-order valence-corrected chi connectivity index (χ4v) is 2.99. The number of non-ortho nitro benzene ring substituents is 1. The Balaban J connectivity index is 1.80. The molecule has 1 aliphatic rings. The summed E-state index contributed by atoms with van der Waals surface area (Å²) in [7, 11) is 0. The molecular formula is C14H17N3O4S. The monoisotopic (exact) mass is 323 g/mol. The van der Waals surface area contributed by atoms with Gasteiger partial charge in [0.2, 0.25) is 11.8 Å². The maximum atomic E-state index is 12.0. The molecule has 0 aromatic heterocycles. The normalized spacial score (nSPS) is 18.6. The molecule has 1 heterocycles. The highest BCUT2D eigenvalue weighted by molar-refractivity contribution is 8.00. The number of thioether (sulfide) groups is 1. The van der Waals surface area contributed by atoms with Crippen molar-refractivity contribution in [1.82, 2.24) is 10.6 Å². The second-order valence-corrected chi connectivity index (χ2v) is 6.47. The van der Waals surface area contributed by atoms with Gasteiger partial charge in [0, 0.05) is 36.0 Å². The highest BCUT2D eigenvalue weighted by Gasteiger charge is 2.22. The lowest BCUT2D eigenvalue weighted by Crippen LogP contribution is -2.41. The number of hydrogen-bond donors (Lipinski definition) is 2. The number of nitro groups is 1. The first-order chi connectivity index (χ1) is 10.5. The van der Waals surface area contributed by atoms with Crippen molar-refractivity contribution in [3.05, 3.63) is 34.4 Å². The average molecular weight is 323 g/mol. The Hall–Kier alpha value is -2.09. The van der Waals surface area contributed by atoms with Gasteiger partial charge >= 0.3 is 0 Å². The highest BCUT2D eigenvalue weighted by Crippen LogP contribution is 2.25. The SMILES string of the molecule is C[C@H](Sc1ccc([N+](=O)[O-])cc1)C(=O)NC[C@H]1CCC(=O)N1. The Bertz CT molecular complexity index is 576. The lowest BCUT2D eigenvalue weighted by atomic mass is 10.2. The lowest BCUT2D eigenvalue weighted by molar-refractivity contribution is -0.384. The van der Waals surface area contributed by atoms with Crippen molar-refractivity contribution in [1.29, 1.82) is 0 Å². The Labute approximate surface area is 132 Å². The van der Waals surface area contributed by atoms with Crippen LogP contribution < -0.4 is 10.6 Å². The average Bonchev–Trinajstić information content (AvgIpc) is 2.91. The van der Waals surface area contributed by atoms with E-state index < -0.39 is 4.92 Å². The molecule has 2 amide bonds. The van der Waals surface area contributed by atoms with Crippen LogP contribution in [-0.2, 0) is 9.59 Å². The zero-order valence-electron chi connectivity index (χ0n) is 12.1. The van der Waals surface area contributed by atoms with Crippen LogP contribution in [0.1, 0.15) is 19.8 Å². The van der Waals surface area contributed by atoms with Gasteiger partial charge in [0.25, 0.3) is 5.69 Å². The Kier molecular flexibility index (Phi) is 5.37. The number of rotatable bonds is 6. The third-order valence-electron chi connectivity index (χ3n) is 3.34. The fourth-order valence-electron chi connectivity index (χ4n) is 2.10. The third kappa shape index (κ3) is 4.45. The zero-order chi connectivity index (χ0) is 16.1. The molecule has 0 radical (unpaired) electrons. The van der Waals surface area contributed by atoms with Gasteiger partial charge in [-0.3, -0.25) is 19.7 Å². The van der Waals surface area contributed by atoms with Gasteiger partial charge in [0.1, 0.15) is 0 Å². The van der Waals surface area contributed by atoms with Gasteiger partial charge in [-0.25, -0.2) is 0 Å². The molecule has 118 valence electrons.